The van der Waals surface area contributed by atoms with Gasteiger partial charge in [0.25, 0.3) is 0 Å². The van der Waals surface area contributed by atoms with Crippen LogP contribution in [-0.2, 0) is 13.5 Å². The van der Waals surface area contributed by atoms with E-state index < -0.39 is 0 Å². The number of hydrogen-bond donors (Lipinski definition) is 2. The van der Waals surface area contributed by atoms with E-state index in [1.165, 1.54) is 0 Å². The number of halogens is 1. The van der Waals surface area contributed by atoms with E-state index in [0.717, 1.165) is 17.0 Å². The standard InChI is InChI=1S/C12H16ClN5/c1-8-12(13)11(18(2)17-8)6-10(16-14)9-4-3-5-15-7-9/h3-5,7,10,16H,6,14H2,1-2H3. The zero-order valence-electron chi connectivity index (χ0n) is 10.4. The van der Waals surface area contributed by atoms with Gasteiger partial charge in [-0.1, -0.05) is 17.7 Å². The summed E-state index contributed by atoms with van der Waals surface area (Å²) >= 11 is 6.24. The van der Waals surface area contributed by atoms with Crippen LogP contribution in [0.1, 0.15) is 23.0 Å². The maximum absolute atomic E-state index is 6.24. The summed E-state index contributed by atoms with van der Waals surface area (Å²) in [4.78, 5) is 4.09. The molecule has 0 spiro atoms. The van der Waals surface area contributed by atoms with Crippen LogP contribution in [0.15, 0.2) is 24.5 Å². The molecule has 0 aromatic carbocycles. The van der Waals surface area contributed by atoms with Gasteiger partial charge < -0.3 is 0 Å². The largest absolute Gasteiger partial charge is 0.271 e. The van der Waals surface area contributed by atoms with Crippen LogP contribution in [0.4, 0.5) is 0 Å². The Morgan fingerprint density at radius 3 is 2.83 bits per heavy atom. The van der Waals surface area contributed by atoms with E-state index in [1.54, 1.807) is 17.1 Å². The van der Waals surface area contributed by atoms with Gasteiger partial charge in [-0.2, -0.15) is 5.10 Å². The molecule has 1 unspecified atom stereocenters. The Balaban J connectivity index is 2.26. The van der Waals surface area contributed by atoms with E-state index in [9.17, 15) is 0 Å². The molecule has 1 atom stereocenters. The van der Waals surface area contributed by atoms with Crippen molar-refractivity contribution in [1.29, 1.82) is 0 Å². The first kappa shape index (κ1) is 13.0. The van der Waals surface area contributed by atoms with E-state index in [2.05, 4.69) is 15.5 Å². The quantitative estimate of drug-likeness (QED) is 0.650. The number of nitrogens with two attached hydrogens (primary N) is 1. The Kier molecular flexibility index (Phi) is 3.96. The van der Waals surface area contributed by atoms with Crippen LogP contribution in [0.2, 0.25) is 5.02 Å². The first-order valence-corrected chi connectivity index (χ1v) is 6.05. The van der Waals surface area contributed by atoms with Crippen LogP contribution in [0.3, 0.4) is 0 Å². The predicted molar refractivity (Wildman–Crippen MR) is 71.0 cm³/mol. The minimum absolute atomic E-state index is 0.0361. The van der Waals surface area contributed by atoms with Gasteiger partial charge in [0.2, 0.25) is 0 Å². The fraction of sp³-hybridized carbons (Fsp3) is 0.333. The van der Waals surface area contributed by atoms with Gasteiger partial charge in [-0.25, -0.2) is 0 Å². The Morgan fingerprint density at radius 2 is 2.33 bits per heavy atom. The summed E-state index contributed by atoms with van der Waals surface area (Å²) in [6.45, 7) is 1.89. The first-order valence-electron chi connectivity index (χ1n) is 5.67. The number of aryl methyl sites for hydroxylation is 2. The van der Waals surface area contributed by atoms with Crippen LogP contribution in [0.5, 0.6) is 0 Å². The predicted octanol–water partition coefficient (Wildman–Crippen LogP) is 1.52. The highest BCUT2D eigenvalue weighted by Crippen LogP contribution is 2.24. The Labute approximate surface area is 111 Å². The molecule has 2 aromatic rings. The number of pyridine rings is 1. The Hall–Kier alpha value is -1.43. The topological polar surface area (TPSA) is 68.8 Å². The molecule has 96 valence electrons. The molecule has 0 fully saturated rings. The fourth-order valence-corrected chi connectivity index (χ4v) is 2.19. The highest BCUT2D eigenvalue weighted by Gasteiger charge is 2.17. The van der Waals surface area contributed by atoms with Gasteiger partial charge in [-0.3, -0.25) is 20.9 Å². The summed E-state index contributed by atoms with van der Waals surface area (Å²) < 4.78 is 1.79. The summed E-state index contributed by atoms with van der Waals surface area (Å²) in [6, 6.07) is 3.83. The van der Waals surface area contributed by atoms with Crippen molar-refractivity contribution in [2.75, 3.05) is 0 Å². The lowest BCUT2D eigenvalue weighted by atomic mass is 10.0. The number of hydrazine groups is 1. The molecule has 0 aliphatic carbocycles. The molecule has 2 rings (SSSR count). The smallest absolute Gasteiger partial charge is 0.0847 e. The average Bonchev–Trinajstić information content (AvgIpc) is 2.62. The second-order valence-corrected chi connectivity index (χ2v) is 4.56. The van der Waals surface area contributed by atoms with Gasteiger partial charge in [0.15, 0.2) is 0 Å². The van der Waals surface area contributed by atoms with Crippen molar-refractivity contribution >= 4 is 11.6 Å². The Morgan fingerprint density at radius 1 is 1.56 bits per heavy atom. The molecule has 0 aliphatic rings. The third kappa shape index (κ3) is 2.53. The van der Waals surface area contributed by atoms with Gasteiger partial charge in [0, 0.05) is 25.9 Å². The number of nitrogens with one attached hydrogen (secondary N) is 1. The minimum atomic E-state index is -0.0361. The molecule has 0 saturated heterocycles. The van der Waals surface area contributed by atoms with Gasteiger partial charge in [-0.15, -0.1) is 0 Å². The fourth-order valence-electron chi connectivity index (χ4n) is 1.95. The van der Waals surface area contributed by atoms with Crippen molar-refractivity contribution in [2.45, 2.75) is 19.4 Å². The molecule has 2 aromatic heterocycles. The summed E-state index contributed by atoms with van der Waals surface area (Å²) in [5.41, 5.74) is 5.60. The van der Waals surface area contributed by atoms with Crippen molar-refractivity contribution in [1.82, 2.24) is 20.2 Å². The third-order valence-corrected chi connectivity index (χ3v) is 3.44. The monoisotopic (exact) mass is 265 g/mol. The third-order valence-electron chi connectivity index (χ3n) is 2.95. The number of nitrogens with zero attached hydrogens (tertiary/aromatic N) is 3. The molecule has 0 amide bonds. The molecule has 5 nitrogen and oxygen atoms in total. The first-order chi connectivity index (χ1) is 8.63. The summed E-state index contributed by atoms with van der Waals surface area (Å²) in [7, 11) is 1.88. The van der Waals surface area contributed by atoms with Crippen LogP contribution in [0.25, 0.3) is 0 Å². The second kappa shape index (κ2) is 5.48. The average molecular weight is 266 g/mol. The molecule has 0 aliphatic heterocycles. The maximum Gasteiger partial charge on any atom is 0.0847 e. The lowest BCUT2D eigenvalue weighted by molar-refractivity contribution is 0.528. The van der Waals surface area contributed by atoms with Crippen LogP contribution >= 0.6 is 11.6 Å². The van der Waals surface area contributed by atoms with Gasteiger partial charge in [-0.05, 0) is 18.6 Å². The van der Waals surface area contributed by atoms with E-state index >= 15 is 0 Å². The second-order valence-electron chi connectivity index (χ2n) is 4.18. The van der Waals surface area contributed by atoms with Crippen molar-refractivity contribution in [3.05, 3.63) is 46.5 Å². The molecular formula is C12H16ClN5. The van der Waals surface area contributed by atoms with Crippen LogP contribution in [-0.4, -0.2) is 14.8 Å². The number of hydrogen-bond acceptors (Lipinski definition) is 4. The molecule has 0 saturated carbocycles. The van der Waals surface area contributed by atoms with E-state index in [1.807, 2.05) is 26.1 Å². The molecule has 0 bridgehead atoms. The number of rotatable bonds is 4. The van der Waals surface area contributed by atoms with E-state index in [4.69, 9.17) is 17.4 Å². The minimum Gasteiger partial charge on any atom is -0.271 e. The zero-order chi connectivity index (χ0) is 13.1. The Bertz CT molecular complexity index is 523. The lowest BCUT2D eigenvalue weighted by Gasteiger charge is -2.16. The van der Waals surface area contributed by atoms with Crippen molar-refractivity contribution < 1.29 is 0 Å². The molecular weight excluding hydrogens is 250 g/mol. The molecule has 3 N–H and O–H groups in total. The number of aromatic nitrogens is 3. The van der Waals surface area contributed by atoms with Gasteiger partial charge in [0.1, 0.15) is 0 Å². The van der Waals surface area contributed by atoms with Crippen molar-refractivity contribution in [3.8, 4) is 0 Å². The zero-order valence-corrected chi connectivity index (χ0v) is 11.1. The molecule has 0 radical (unpaired) electrons. The van der Waals surface area contributed by atoms with Gasteiger partial charge in [0.05, 0.1) is 22.5 Å². The molecule has 18 heavy (non-hydrogen) atoms. The summed E-state index contributed by atoms with van der Waals surface area (Å²) in [5, 5.41) is 4.99. The van der Waals surface area contributed by atoms with Crippen molar-refractivity contribution in [3.63, 3.8) is 0 Å². The van der Waals surface area contributed by atoms with E-state index in [0.29, 0.717) is 11.4 Å². The summed E-state index contributed by atoms with van der Waals surface area (Å²) in [6.07, 6.45) is 4.19. The molecule has 6 heteroatoms. The van der Waals surface area contributed by atoms with Gasteiger partial charge >= 0.3 is 0 Å². The molecule has 2 heterocycles. The normalized spacial score (nSPS) is 12.7. The SMILES string of the molecule is Cc1nn(C)c(CC(NN)c2cccnc2)c1Cl. The van der Waals surface area contributed by atoms with Crippen LogP contribution in [0, 0.1) is 6.92 Å². The summed E-state index contributed by atoms with van der Waals surface area (Å²) in [5.74, 6) is 5.61. The highest BCUT2D eigenvalue weighted by molar-refractivity contribution is 6.31. The highest BCUT2D eigenvalue weighted by atomic mass is 35.5. The van der Waals surface area contributed by atoms with Crippen molar-refractivity contribution in [2.24, 2.45) is 12.9 Å². The van der Waals surface area contributed by atoms with Crippen LogP contribution < -0.4 is 11.3 Å². The van der Waals surface area contributed by atoms with E-state index in [-0.39, 0.29) is 6.04 Å². The lowest BCUT2D eigenvalue weighted by Crippen LogP contribution is -2.30. The maximum atomic E-state index is 6.24.